The molecule has 2 aromatic heterocycles. The molecule has 30 heavy (non-hydrogen) atoms. The van der Waals surface area contributed by atoms with E-state index in [-0.39, 0.29) is 12.2 Å². The van der Waals surface area contributed by atoms with Gasteiger partial charge in [-0.25, -0.2) is 20.4 Å². The number of anilines is 1. The summed E-state index contributed by atoms with van der Waals surface area (Å²) in [7, 11) is 1.56. The van der Waals surface area contributed by atoms with E-state index >= 15 is 0 Å². The standard InChI is InChI=1S/C18H20N8O3S/c1-29-12-3-2-11(9-19)13(8-12)30-18-24-15-16(20)22-10-23-17(15)26(18)7-6-21-5-4-14(27)25-28/h2-3,8,10,21,28H,4-7H2,1H3,(H,25,27)(H2,20,22,23). The molecule has 3 rings (SSSR count). The van der Waals surface area contributed by atoms with Crippen LogP contribution in [0.2, 0.25) is 0 Å². The number of imidazole rings is 1. The van der Waals surface area contributed by atoms with E-state index in [1.54, 1.807) is 30.8 Å². The molecule has 0 spiro atoms. The summed E-state index contributed by atoms with van der Waals surface area (Å²) in [6.45, 7) is 1.40. The van der Waals surface area contributed by atoms with E-state index < -0.39 is 5.91 Å². The first-order valence-corrected chi connectivity index (χ1v) is 9.75. The van der Waals surface area contributed by atoms with E-state index in [1.807, 2.05) is 4.57 Å². The van der Waals surface area contributed by atoms with Crippen molar-refractivity contribution in [3.05, 3.63) is 30.1 Å². The van der Waals surface area contributed by atoms with Crippen LogP contribution in [0.3, 0.4) is 0 Å². The lowest BCUT2D eigenvalue weighted by molar-refractivity contribution is -0.129. The third kappa shape index (κ3) is 4.77. The number of methoxy groups -OCH3 is 1. The van der Waals surface area contributed by atoms with Crippen molar-refractivity contribution in [2.75, 3.05) is 25.9 Å². The first kappa shape index (κ1) is 21.3. The smallest absolute Gasteiger partial charge is 0.244 e. The zero-order chi connectivity index (χ0) is 21.5. The molecular weight excluding hydrogens is 408 g/mol. The third-order valence-corrected chi connectivity index (χ3v) is 5.25. The normalized spacial score (nSPS) is 10.7. The van der Waals surface area contributed by atoms with Crippen molar-refractivity contribution in [1.82, 2.24) is 30.3 Å². The van der Waals surface area contributed by atoms with Crippen LogP contribution in [0.25, 0.3) is 11.2 Å². The van der Waals surface area contributed by atoms with Crippen LogP contribution in [0.15, 0.2) is 34.6 Å². The molecule has 2 heterocycles. The van der Waals surface area contributed by atoms with Gasteiger partial charge in [0.2, 0.25) is 5.91 Å². The van der Waals surface area contributed by atoms with Gasteiger partial charge in [0.05, 0.1) is 12.7 Å². The van der Waals surface area contributed by atoms with Crippen LogP contribution in [0, 0.1) is 11.3 Å². The Morgan fingerprint density at radius 3 is 2.97 bits per heavy atom. The molecule has 3 aromatic rings. The number of nitrogen functional groups attached to an aromatic ring is 1. The quantitative estimate of drug-likeness (QED) is 0.219. The van der Waals surface area contributed by atoms with E-state index in [0.29, 0.717) is 52.2 Å². The number of ether oxygens (including phenoxy) is 1. The molecule has 156 valence electrons. The summed E-state index contributed by atoms with van der Waals surface area (Å²) < 4.78 is 7.14. The van der Waals surface area contributed by atoms with Gasteiger partial charge in [-0.1, -0.05) is 11.8 Å². The highest BCUT2D eigenvalue weighted by molar-refractivity contribution is 7.99. The number of hydrogen-bond donors (Lipinski definition) is 4. The van der Waals surface area contributed by atoms with Crippen LogP contribution in [-0.2, 0) is 11.3 Å². The zero-order valence-electron chi connectivity index (χ0n) is 16.1. The fraction of sp³-hybridized carbons (Fsp3) is 0.278. The molecule has 0 fully saturated rings. The van der Waals surface area contributed by atoms with Crippen molar-refractivity contribution in [3.63, 3.8) is 0 Å². The van der Waals surface area contributed by atoms with Gasteiger partial charge < -0.3 is 20.4 Å². The van der Waals surface area contributed by atoms with Gasteiger partial charge in [-0.2, -0.15) is 5.26 Å². The molecule has 0 aliphatic heterocycles. The summed E-state index contributed by atoms with van der Waals surface area (Å²) in [5.41, 5.74) is 9.09. The number of benzene rings is 1. The third-order valence-electron chi connectivity index (χ3n) is 4.20. The molecular formula is C18H20N8O3S. The van der Waals surface area contributed by atoms with Crippen LogP contribution >= 0.6 is 11.8 Å². The van der Waals surface area contributed by atoms with Gasteiger partial charge in [0.1, 0.15) is 18.1 Å². The molecule has 0 atom stereocenters. The second-order valence-corrected chi connectivity index (χ2v) is 7.10. The molecule has 5 N–H and O–H groups in total. The molecule has 0 unspecified atom stereocenters. The minimum absolute atomic E-state index is 0.146. The van der Waals surface area contributed by atoms with Crippen molar-refractivity contribution in [3.8, 4) is 11.8 Å². The van der Waals surface area contributed by atoms with Gasteiger partial charge in [0, 0.05) is 31.0 Å². The Morgan fingerprint density at radius 1 is 1.40 bits per heavy atom. The average Bonchev–Trinajstić information content (AvgIpc) is 3.11. The Bertz CT molecular complexity index is 1090. The fourth-order valence-corrected chi connectivity index (χ4v) is 3.71. The number of rotatable bonds is 9. The number of carbonyl (C=O) groups is 1. The lowest BCUT2D eigenvalue weighted by Crippen LogP contribution is -2.27. The van der Waals surface area contributed by atoms with Crippen LogP contribution in [0.1, 0.15) is 12.0 Å². The SMILES string of the molecule is COc1ccc(C#N)c(Sc2nc3c(N)ncnc3n2CCNCCC(=O)NO)c1. The Kier molecular flexibility index (Phi) is 7.02. The first-order chi connectivity index (χ1) is 14.6. The number of fused-ring (bicyclic) bond motifs is 1. The molecule has 0 aliphatic carbocycles. The topological polar surface area (TPSA) is 164 Å². The number of nitrogens with two attached hydrogens (primary N) is 1. The van der Waals surface area contributed by atoms with E-state index in [2.05, 4.69) is 26.3 Å². The van der Waals surface area contributed by atoms with Gasteiger partial charge in [0.15, 0.2) is 22.1 Å². The maximum absolute atomic E-state index is 11.1. The van der Waals surface area contributed by atoms with E-state index in [9.17, 15) is 10.1 Å². The first-order valence-electron chi connectivity index (χ1n) is 8.93. The molecule has 0 radical (unpaired) electrons. The highest BCUT2D eigenvalue weighted by Gasteiger charge is 2.17. The van der Waals surface area contributed by atoms with Gasteiger partial charge in [-0.05, 0) is 18.2 Å². The van der Waals surface area contributed by atoms with Crippen molar-refractivity contribution in [2.24, 2.45) is 0 Å². The second kappa shape index (κ2) is 9.88. The molecule has 12 heteroatoms. The molecule has 11 nitrogen and oxygen atoms in total. The molecule has 0 saturated heterocycles. The van der Waals surface area contributed by atoms with Gasteiger partial charge >= 0.3 is 0 Å². The van der Waals surface area contributed by atoms with E-state index in [0.717, 1.165) is 0 Å². The summed E-state index contributed by atoms with van der Waals surface area (Å²) in [4.78, 5) is 24.7. The highest BCUT2D eigenvalue weighted by Crippen LogP contribution is 2.34. The molecule has 1 aromatic carbocycles. The fourth-order valence-electron chi connectivity index (χ4n) is 2.69. The Balaban J connectivity index is 1.87. The van der Waals surface area contributed by atoms with Crippen LogP contribution in [0.5, 0.6) is 5.75 Å². The van der Waals surface area contributed by atoms with Gasteiger partial charge in [-0.15, -0.1) is 0 Å². The number of amides is 1. The average molecular weight is 428 g/mol. The number of nitriles is 1. The lowest BCUT2D eigenvalue weighted by atomic mass is 10.2. The number of hydroxylamine groups is 1. The van der Waals surface area contributed by atoms with E-state index in [1.165, 1.54) is 18.1 Å². The van der Waals surface area contributed by atoms with Gasteiger partial charge in [-0.3, -0.25) is 10.0 Å². The summed E-state index contributed by atoms with van der Waals surface area (Å²) in [5, 5.41) is 21.7. The van der Waals surface area contributed by atoms with Crippen molar-refractivity contribution in [2.45, 2.75) is 23.0 Å². The van der Waals surface area contributed by atoms with Crippen molar-refractivity contribution >= 4 is 34.7 Å². The minimum atomic E-state index is -0.464. The molecule has 0 aliphatic rings. The molecule has 1 amide bonds. The minimum Gasteiger partial charge on any atom is -0.497 e. The number of nitrogens with zero attached hydrogens (tertiary/aromatic N) is 5. The Labute approximate surface area is 176 Å². The second-order valence-electron chi connectivity index (χ2n) is 6.09. The highest BCUT2D eigenvalue weighted by atomic mass is 32.2. The predicted molar refractivity (Wildman–Crippen MR) is 109 cm³/mol. The molecule has 0 saturated carbocycles. The number of nitrogens with one attached hydrogen (secondary N) is 2. The summed E-state index contributed by atoms with van der Waals surface area (Å²) >= 11 is 1.30. The largest absolute Gasteiger partial charge is 0.497 e. The Morgan fingerprint density at radius 2 is 2.23 bits per heavy atom. The maximum Gasteiger partial charge on any atom is 0.244 e. The monoisotopic (exact) mass is 428 g/mol. The predicted octanol–water partition coefficient (Wildman–Crippen LogP) is 0.925. The number of aromatic nitrogens is 4. The maximum atomic E-state index is 11.1. The lowest BCUT2D eigenvalue weighted by Gasteiger charge is -2.10. The summed E-state index contributed by atoms with van der Waals surface area (Å²) in [6, 6.07) is 7.36. The number of hydrogen-bond acceptors (Lipinski definition) is 10. The van der Waals surface area contributed by atoms with Gasteiger partial charge in [0.25, 0.3) is 0 Å². The Hall–Kier alpha value is -3.40. The van der Waals surface area contributed by atoms with E-state index in [4.69, 9.17) is 15.7 Å². The number of carbonyl (C=O) groups excluding carboxylic acids is 1. The van der Waals surface area contributed by atoms with Crippen molar-refractivity contribution < 1.29 is 14.7 Å². The summed E-state index contributed by atoms with van der Waals surface area (Å²) in [5.74, 6) is 0.427. The zero-order valence-corrected chi connectivity index (χ0v) is 16.9. The van der Waals surface area contributed by atoms with Crippen LogP contribution < -0.4 is 21.3 Å². The summed E-state index contributed by atoms with van der Waals surface area (Å²) in [6.07, 6.45) is 1.52. The van der Waals surface area contributed by atoms with Crippen LogP contribution in [-0.4, -0.2) is 50.8 Å². The van der Waals surface area contributed by atoms with Crippen LogP contribution in [0.4, 0.5) is 5.82 Å². The van der Waals surface area contributed by atoms with Crippen molar-refractivity contribution in [1.29, 1.82) is 5.26 Å². The molecule has 0 bridgehead atoms.